The van der Waals surface area contributed by atoms with E-state index < -0.39 is 0 Å². The summed E-state index contributed by atoms with van der Waals surface area (Å²) in [6.07, 6.45) is 4.94. The molecule has 1 atom stereocenters. The Labute approximate surface area is 108 Å². The van der Waals surface area contributed by atoms with E-state index in [1.165, 1.54) is 18.5 Å². The maximum atomic E-state index is 4.70. The van der Waals surface area contributed by atoms with Crippen LogP contribution in [0.25, 0.3) is 0 Å². The summed E-state index contributed by atoms with van der Waals surface area (Å²) in [7, 11) is 2.14. The molecule has 96 valence electrons. The first-order valence-corrected chi connectivity index (χ1v) is 7.49. The van der Waals surface area contributed by atoms with Crippen molar-refractivity contribution in [2.24, 2.45) is 0 Å². The molecular formula is C13H23N3S. The molecule has 1 unspecified atom stereocenters. The molecule has 1 aliphatic carbocycles. The van der Waals surface area contributed by atoms with Crippen molar-refractivity contribution in [3.05, 3.63) is 11.1 Å². The number of anilines is 1. The molecule has 17 heavy (non-hydrogen) atoms. The van der Waals surface area contributed by atoms with Crippen molar-refractivity contribution in [3.8, 4) is 0 Å². The van der Waals surface area contributed by atoms with Crippen molar-refractivity contribution in [1.29, 1.82) is 0 Å². The van der Waals surface area contributed by atoms with Crippen LogP contribution in [0.5, 0.6) is 0 Å². The van der Waals surface area contributed by atoms with Gasteiger partial charge in [-0.15, -0.1) is 11.3 Å². The van der Waals surface area contributed by atoms with Crippen molar-refractivity contribution in [3.63, 3.8) is 0 Å². The van der Waals surface area contributed by atoms with Crippen LogP contribution < -0.4 is 10.2 Å². The minimum absolute atomic E-state index is 0.568. The normalized spacial score (nSPS) is 17.1. The number of thiazole rings is 1. The van der Waals surface area contributed by atoms with Crippen molar-refractivity contribution >= 4 is 16.5 Å². The van der Waals surface area contributed by atoms with Gasteiger partial charge < -0.3 is 10.2 Å². The Hall–Kier alpha value is -0.610. The Morgan fingerprint density at radius 2 is 2.35 bits per heavy atom. The second kappa shape index (κ2) is 5.83. The van der Waals surface area contributed by atoms with Crippen LogP contribution in [0.15, 0.2) is 5.38 Å². The zero-order valence-electron chi connectivity index (χ0n) is 11.1. The van der Waals surface area contributed by atoms with E-state index in [9.17, 15) is 0 Å². The van der Waals surface area contributed by atoms with Gasteiger partial charge in [-0.2, -0.15) is 0 Å². The third kappa shape index (κ3) is 3.68. The molecule has 4 heteroatoms. The number of nitrogens with one attached hydrogen (secondary N) is 1. The molecule has 0 amide bonds. The Morgan fingerprint density at radius 1 is 1.59 bits per heavy atom. The topological polar surface area (TPSA) is 28.2 Å². The molecule has 0 aromatic carbocycles. The van der Waals surface area contributed by atoms with Crippen LogP contribution >= 0.6 is 11.3 Å². The zero-order chi connectivity index (χ0) is 12.3. The highest BCUT2D eigenvalue weighted by molar-refractivity contribution is 7.13. The molecule has 1 saturated carbocycles. The van der Waals surface area contributed by atoms with Crippen molar-refractivity contribution < 1.29 is 0 Å². The zero-order valence-corrected chi connectivity index (χ0v) is 11.9. The van der Waals surface area contributed by atoms with Gasteiger partial charge in [-0.05, 0) is 26.2 Å². The van der Waals surface area contributed by atoms with Gasteiger partial charge in [-0.25, -0.2) is 4.98 Å². The van der Waals surface area contributed by atoms with E-state index in [0.29, 0.717) is 6.04 Å². The molecule has 3 nitrogen and oxygen atoms in total. The highest BCUT2D eigenvalue weighted by Gasteiger charge is 2.20. The predicted molar refractivity (Wildman–Crippen MR) is 75.0 cm³/mol. The fourth-order valence-electron chi connectivity index (χ4n) is 1.73. The van der Waals surface area contributed by atoms with Gasteiger partial charge in [-0.1, -0.05) is 6.92 Å². The fraction of sp³-hybridized carbons (Fsp3) is 0.769. The summed E-state index contributed by atoms with van der Waals surface area (Å²) in [4.78, 5) is 6.98. The van der Waals surface area contributed by atoms with Gasteiger partial charge in [0, 0.05) is 37.5 Å². The lowest BCUT2D eigenvalue weighted by Crippen LogP contribution is -2.27. The third-order valence-electron chi connectivity index (χ3n) is 3.48. The number of hydrogen-bond acceptors (Lipinski definition) is 4. The Kier molecular flexibility index (Phi) is 4.40. The number of hydrogen-bond donors (Lipinski definition) is 1. The van der Waals surface area contributed by atoms with Crippen molar-refractivity contribution in [2.75, 3.05) is 18.5 Å². The summed E-state index contributed by atoms with van der Waals surface area (Å²) in [5, 5.41) is 6.88. The minimum Gasteiger partial charge on any atom is -0.348 e. The van der Waals surface area contributed by atoms with Gasteiger partial charge in [0.25, 0.3) is 0 Å². The number of nitrogens with zero attached hydrogens (tertiary/aromatic N) is 2. The molecule has 1 aromatic rings. The summed E-state index contributed by atoms with van der Waals surface area (Å²) in [5.74, 6) is 0. The largest absolute Gasteiger partial charge is 0.348 e. The monoisotopic (exact) mass is 253 g/mol. The highest BCUT2D eigenvalue weighted by atomic mass is 32.1. The third-order valence-corrected chi connectivity index (χ3v) is 4.46. The summed E-state index contributed by atoms with van der Waals surface area (Å²) in [6, 6.07) is 1.37. The van der Waals surface area contributed by atoms with Crippen LogP contribution in [-0.4, -0.2) is 30.7 Å². The predicted octanol–water partition coefficient (Wildman–Crippen LogP) is 2.67. The standard InChI is InChI=1S/C13H23N3S/c1-4-10(2)16(3)13-15-12(9-17-13)7-8-14-11-5-6-11/h9-11,14H,4-8H2,1-3H3. The molecule has 1 aromatic heterocycles. The first-order chi connectivity index (χ1) is 8.20. The molecule has 2 rings (SSSR count). The molecule has 1 aliphatic rings. The highest BCUT2D eigenvalue weighted by Crippen LogP contribution is 2.22. The number of rotatable bonds is 7. The Bertz CT molecular complexity index is 346. The van der Waals surface area contributed by atoms with E-state index in [1.807, 2.05) is 0 Å². The summed E-state index contributed by atoms with van der Waals surface area (Å²) in [6.45, 7) is 5.53. The van der Waals surface area contributed by atoms with Crippen LogP contribution in [0, 0.1) is 0 Å². The molecule has 1 fully saturated rings. The molecular weight excluding hydrogens is 230 g/mol. The summed E-state index contributed by atoms with van der Waals surface area (Å²) < 4.78 is 0. The summed E-state index contributed by atoms with van der Waals surface area (Å²) >= 11 is 1.76. The van der Waals surface area contributed by atoms with E-state index >= 15 is 0 Å². The lowest BCUT2D eigenvalue weighted by atomic mass is 10.2. The van der Waals surface area contributed by atoms with E-state index in [4.69, 9.17) is 4.98 Å². The van der Waals surface area contributed by atoms with Crippen LogP contribution in [-0.2, 0) is 6.42 Å². The van der Waals surface area contributed by atoms with Gasteiger partial charge in [0.05, 0.1) is 5.69 Å². The second-order valence-electron chi connectivity index (χ2n) is 4.97. The van der Waals surface area contributed by atoms with Gasteiger partial charge in [0.2, 0.25) is 0 Å². The maximum absolute atomic E-state index is 4.70. The van der Waals surface area contributed by atoms with E-state index in [0.717, 1.165) is 30.6 Å². The molecule has 0 aliphatic heterocycles. The van der Waals surface area contributed by atoms with Gasteiger partial charge in [-0.3, -0.25) is 0 Å². The van der Waals surface area contributed by atoms with Crippen LogP contribution in [0.1, 0.15) is 38.8 Å². The molecule has 1 heterocycles. The summed E-state index contributed by atoms with van der Waals surface area (Å²) in [5.41, 5.74) is 1.23. The smallest absolute Gasteiger partial charge is 0.185 e. The van der Waals surface area contributed by atoms with Gasteiger partial charge in [0.15, 0.2) is 5.13 Å². The molecule has 0 bridgehead atoms. The quantitative estimate of drug-likeness (QED) is 0.810. The first kappa shape index (κ1) is 12.8. The molecule has 0 radical (unpaired) electrons. The van der Waals surface area contributed by atoms with Crippen LogP contribution in [0.4, 0.5) is 5.13 Å². The minimum atomic E-state index is 0.568. The van der Waals surface area contributed by atoms with Gasteiger partial charge >= 0.3 is 0 Å². The van der Waals surface area contributed by atoms with Crippen molar-refractivity contribution in [2.45, 2.75) is 51.6 Å². The van der Waals surface area contributed by atoms with Crippen LogP contribution in [0.2, 0.25) is 0 Å². The van der Waals surface area contributed by atoms with E-state index in [-0.39, 0.29) is 0 Å². The van der Waals surface area contributed by atoms with Gasteiger partial charge in [0.1, 0.15) is 0 Å². The fourth-order valence-corrected chi connectivity index (χ4v) is 2.66. The van der Waals surface area contributed by atoms with E-state index in [2.05, 4.69) is 36.5 Å². The molecule has 0 saturated heterocycles. The lowest BCUT2D eigenvalue weighted by Gasteiger charge is -2.22. The second-order valence-corrected chi connectivity index (χ2v) is 5.80. The van der Waals surface area contributed by atoms with Crippen molar-refractivity contribution in [1.82, 2.24) is 10.3 Å². The number of aromatic nitrogens is 1. The van der Waals surface area contributed by atoms with E-state index in [1.54, 1.807) is 11.3 Å². The Balaban J connectivity index is 1.81. The average Bonchev–Trinajstić information content (AvgIpc) is 3.04. The maximum Gasteiger partial charge on any atom is 0.185 e. The molecule has 1 N–H and O–H groups in total. The Morgan fingerprint density at radius 3 is 3.00 bits per heavy atom. The van der Waals surface area contributed by atoms with Crippen LogP contribution in [0.3, 0.4) is 0 Å². The molecule has 0 spiro atoms. The first-order valence-electron chi connectivity index (χ1n) is 6.61. The SMILES string of the molecule is CCC(C)N(C)c1nc(CCNC2CC2)cs1. The lowest BCUT2D eigenvalue weighted by molar-refractivity contribution is 0.657. The average molecular weight is 253 g/mol.